The third kappa shape index (κ3) is 5.34. The molecular formula is C26H39N3O3. The van der Waals surface area contributed by atoms with E-state index in [2.05, 4.69) is 10.2 Å². The van der Waals surface area contributed by atoms with Gasteiger partial charge in [0, 0.05) is 44.2 Å². The van der Waals surface area contributed by atoms with Crippen molar-refractivity contribution in [2.24, 2.45) is 0 Å². The van der Waals surface area contributed by atoms with E-state index in [-0.39, 0.29) is 17.9 Å². The number of ether oxygens (including phenoxy) is 1. The molecule has 1 saturated heterocycles. The van der Waals surface area contributed by atoms with E-state index < -0.39 is 5.54 Å². The number of hydrogen-bond acceptors (Lipinski definition) is 4. The molecule has 2 heterocycles. The minimum absolute atomic E-state index is 0.0101. The Bertz CT molecular complexity index is 784. The van der Waals surface area contributed by atoms with E-state index >= 15 is 0 Å². The second kappa shape index (κ2) is 10.8. The van der Waals surface area contributed by atoms with E-state index in [1.54, 1.807) is 0 Å². The molecule has 0 spiro atoms. The van der Waals surface area contributed by atoms with Gasteiger partial charge in [0.2, 0.25) is 5.91 Å². The zero-order valence-electron chi connectivity index (χ0n) is 19.6. The van der Waals surface area contributed by atoms with Crippen LogP contribution in [0.1, 0.15) is 74.2 Å². The summed E-state index contributed by atoms with van der Waals surface area (Å²) in [4.78, 5) is 31.5. The third-order valence-electron chi connectivity index (χ3n) is 7.51. The SMILES string of the molecule is CC1(C(=O)NC2CCCCCCC2)Cc2ccccc2C(=O)N1CCCN1CCOCC1. The lowest BCUT2D eigenvalue weighted by Gasteiger charge is -2.45. The Morgan fingerprint density at radius 3 is 2.50 bits per heavy atom. The van der Waals surface area contributed by atoms with Gasteiger partial charge in [-0.05, 0) is 37.8 Å². The van der Waals surface area contributed by atoms with E-state index in [4.69, 9.17) is 4.74 Å². The zero-order valence-corrected chi connectivity index (χ0v) is 19.6. The summed E-state index contributed by atoms with van der Waals surface area (Å²) in [6.45, 7) is 6.92. The molecule has 2 amide bonds. The second-order valence-corrected chi connectivity index (χ2v) is 9.89. The van der Waals surface area contributed by atoms with E-state index in [1.165, 1.54) is 32.1 Å². The fourth-order valence-electron chi connectivity index (χ4n) is 5.49. The predicted octanol–water partition coefficient (Wildman–Crippen LogP) is 3.40. The molecule has 0 bridgehead atoms. The van der Waals surface area contributed by atoms with Crippen LogP contribution in [0.4, 0.5) is 0 Å². The van der Waals surface area contributed by atoms with E-state index in [1.807, 2.05) is 36.1 Å². The molecule has 176 valence electrons. The van der Waals surface area contributed by atoms with Crippen molar-refractivity contribution in [3.8, 4) is 0 Å². The highest BCUT2D eigenvalue weighted by atomic mass is 16.5. The van der Waals surface area contributed by atoms with Crippen molar-refractivity contribution >= 4 is 11.8 Å². The Labute approximate surface area is 192 Å². The van der Waals surface area contributed by atoms with Crippen LogP contribution in [0.5, 0.6) is 0 Å². The Morgan fingerprint density at radius 1 is 1.06 bits per heavy atom. The average Bonchev–Trinajstić information content (AvgIpc) is 2.78. The molecule has 1 N–H and O–H groups in total. The first kappa shape index (κ1) is 23.2. The molecule has 2 aliphatic heterocycles. The number of nitrogens with one attached hydrogen (secondary N) is 1. The Balaban J connectivity index is 1.48. The molecule has 1 unspecified atom stereocenters. The van der Waals surface area contributed by atoms with Crippen LogP contribution in [0, 0.1) is 0 Å². The fourth-order valence-corrected chi connectivity index (χ4v) is 5.49. The first-order valence-corrected chi connectivity index (χ1v) is 12.6. The van der Waals surface area contributed by atoms with Crippen molar-refractivity contribution in [1.82, 2.24) is 15.1 Å². The molecule has 2 fully saturated rings. The van der Waals surface area contributed by atoms with Crippen molar-refractivity contribution < 1.29 is 14.3 Å². The van der Waals surface area contributed by atoms with E-state index in [0.29, 0.717) is 13.0 Å². The fraction of sp³-hybridized carbons (Fsp3) is 0.692. The van der Waals surface area contributed by atoms with Crippen LogP contribution in [0.25, 0.3) is 0 Å². The van der Waals surface area contributed by atoms with Gasteiger partial charge < -0.3 is 15.0 Å². The maximum Gasteiger partial charge on any atom is 0.255 e. The number of rotatable bonds is 6. The van der Waals surface area contributed by atoms with Gasteiger partial charge >= 0.3 is 0 Å². The Hall–Kier alpha value is -1.92. The molecule has 1 aromatic carbocycles. The van der Waals surface area contributed by atoms with Crippen LogP contribution in [0.3, 0.4) is 0 Å². The average molecular weight is 442 g/mol. The standard InChI is InChI=1S/C26H39N3O3/c1-26(25(31)27-22-11-5-3-2-4-6-12-22)20-21-10-7-8-13-23(21)24(30)29(26)15-9-14-28-16-18-32-19-17-28/h7-8,10,13,22H,2-6,9,11-12,14-20H2,1H3,(H,27,31). The third-order valence-corrected chi connectivity index (χ3v) is 7.51. The topological polar surface area (TPSA) is 61.9 Å². The molecule has 0 radical (unpaired) electrons. The maximum absolute atomic E-state index is 13.7. The lowest BCUT2D eigenvalue weighted by Crippen LogP contribution is -2.64. The number of amides is 2. The number of carbonyl (C=O) groups is 2. The molecular weight excluding hydrogens is 402 g/mol. The van der Waals surface area contributed by atoms with Gasteiger partial charge in [0.25, 0.3) is 5.91 Å². The number of carbonyl (C=O) groups excluding carboxylic acids is 2. The monoisotopic (exact) mass is 441 g/mol. The van der Waals surface area contributed by atoms with Gasteiger partial charge in [0.05, 0.1) is 13.2 Å². The summed E-state index contributed by atoms with van der Waals surface area (Å²) in [6.07, 6.45) is 9.68. The number of morpholine rings is 1. The van der Waals surface area contributed by atoms with E-state index in [9.17, 15) is 9.59 Å². The van der Waals surface area contributed by atoms with Crippen LogP contribution >= 0.6 is 0 Å². The van der Waals surface area contributed by atoms with Gasteiger partial charge in [-0.15, -0.1) is 0 Å². The minimum Gasteiger partial charge on any atom is -0.379 e. The minimum atomic E-state index is -0.848. The van der Waals surface area contributed by atoms with E-state index in [0.717, 1.165) is 63.2 Å². The highest BCUT2D eigenvalue weighted by Gasteiger charge is 2.46. The lowest BCUT2D eigenvalue weighted by molar-refractivity contribution is -0.132. The molecule has 1 saturated carbocycles. The quantitative estimate of drug-likeness (QED) is 0.735. The molecule has 1 aromatic rings. The van der Waals surface area contributed by atoms with Crippen LogP contribution in [-0.2, 0) is 16.0 Å². The second-order valence-electron chi connectivity index (χ2n) is 9.89. The van der Waals surface area contributed by atoms with Gasteiger partial charge in [0.15, 0.2) is 0 Å². The first-order valence-electron chi connectivity index (χ1n) is 12.6. The van der Waals surface area contributed by atoms with Gasteiger partial charge in [-0.3, -0.25) is 14.5 Å². The predicted molar refractivity (Wildman–Crippen MR) is 126 cm³/mol. The molecule has 0 aromatic heterocycles. The van der Waals surface area contributed by atoms with Crippen molar-refractivity contribution in [3.05, 3.63) is 35.4 Å². The molecule has 6 nitrogen and oxygen atoms in total. The Morgan fingerprint density at radius 2 is 1.75 bits per heavy atom. The first-order chi connectivity index (χ1) is 15.6. The number of fused-ring (bicyclic) bond motifs is 1. The summed E-state index contributed by atoms with van der Waals surface area (Å²) in [5, 5.41) is 3.36. The highest BCUT2D eigenvalue weighted by Crippen LogP contribution is 2.32. The van der Waals surface area contributed by atoms with Crippen LogP contribution in [0.2, 0.25) is 0 Å². The summed E-state index contributed by atoms with van der Waals surface area (Å²) >= 11 is 0. The molecule has 4 rings (SSSR count). The molecule has 3 aliphatic rings. The summed E-state index contributed by atoms with van der Waals surface area (Å²) < 4.78 is 5.45. The largest absolute Gasteiger partial charge is 0.379 e. The summed E-state index contributed by atoms with van der Waals surface area (Å²) in [5.74, 6) is 0.00134. The molecule has 1 atom stereocenters. The maximum atomic E-state index is 13.7. The Kier molecular flexibility index (Phi) is 7.84. The number of benzene rings is 1. The zero-order chi connectivity index (χ0) is 22.4. The smallest absolute Gasteiger partial charge is 0.255 e. The van der Waals surface area contributed by atoms with Crippen molar-refractivity contribution in [2.75, 3.05) is 39.4 Å². The van der Waals surface area contributed by atoms with Crippen LogP contribution < -0.4 is 5.32 Å². The highest BCUT2D eigenvalue weighted by molar-refractivity contribution is 6.02. The van der Waals surface area contributed by atoms with Gasteiger partial charge in [-0.1, -0.05) is 50.3 Å². The van der Waals surface area contributed by atoms with Crippen molar-refractivity contribution in [3.63, 3.8) is 0 Å². The number of hydrogen-bond donors (Lipinski definition) is 1. The summed E-state index contributed by atoms with van der Waals surface area (Å²) in [7, 11) is 0. The molecule has 6 heteroatoms. The summed E-state index contributed by atoms with van der Waals surface area (Å²) in [5.41, 5.74) is 0.881. The van der Waals surface area contributed by atoms with Crippen molar-refractivity contribution in [1.29, 1.82) is 0 Å². The number of nitrogens with zero attached hydrogens (tertiary/aromatic N) is 2. The lowest BCUT2D eigenvalue weighted by atomic mass is 9.82. The van der Waals surface area contributed by atoms with Crippen molar-refractivity contribution in [2.45, 2.75) is 76.3 Å². The normalized spacial score (nSPS) is 25.7. The van der Waals surface area contributed by atoms with Gasteiger partial charge in [0.1, 0.15) is 5.54 Å². The van der Waals surface area contributed by atoms with Crippen LogP contribution in [0.15, 0.2) is 24.3 Å². The van der Waals surface area contributed by atoms with Crippen LogP contribution in [-0.4, -0.2) is 72.6 Å². The molecule has 32 heavy (non-hydrogen) atoms. The van der Waals surface area contributed by atoms with Gasteiger partial charge in [-0.25, -0.2) is 0 Å². The molecule has 1 aliphatic carbocycles. The van der Waals surface area contributed by atoms with Gasteiger partial charge in [-0.2, -0.15) is 0 Å². The summed E-state index contributed by atoms with van der Waals surface area (Å²) in [6, 6.07) is 8.01.